The van der Waals surface area contributed by atoms with Crippen molar-refractivity contribution in [3.63, 3.8) is 0 Å². The molecule has 4 nitrogen and oxygen atoms in total. The van der Waals surface area contributed by atoms with E-state index in [9.17, 15) is 9.59 Å². The largest absolute Gasteiger partial charge is 0.481 e. The Morgan fingerprint density at radius 3 is 2.45 bits per heavy atom. The molecular formula is C16H23NO3. The molecule has 1 aromatic rings. The molecular weight excluding hydrogens is 254 g/mol. The van der Waals surface area contributed by atoms with Gasteiger partial charge < -0.3 is 10.4 Å². The first-order valence-corrected chi connectivity index (χ1v) is 7.04. The molecule has 0 spiro atoms. The molecule has 0 saturated heterocycles. The minimum atomic E-state index is -0.892. The first-order chi connectivity index (χ1) is 9.47. The fourth-order valence-electron chi connectivity index (χ4n) is 2.03. The Morgan fingerprint density at radius 1 is 1.20 bits per heavy atom. The highest BCUT2D eigenvalue weighted by Crippen LogP contribution is 2.08. The van der Waals surface area contributed by atoms with Gasteiger partial charge in [0, 0.05) is 12.5 Å². The molecule has 0 bridgehead atoms. The summed E-state index contributed by atoms with van der Waals surface area (Å²) in [5.74, 6) is -0.958. The van der Waals surface area contributed by atoms with Crippen LogP contribution in [0.1, 0.15) is 43.7 Å². The molecule has 1 atom stereocenters. The number of aryl methyl sites for hydroxylation is 2. The molecule has 0 aliphatic carbocycles. The number of hydrogen-bond acceptors (Lipinski definition) is 2. The molecule has 1 unspecified atom stereocenters. The van der Waals surface area contributed by atoms with E-state index in [1.165, 1.54) is 11.1 Å². The molecule has 0 saturated carbocycles. The number of carbonyl (C=O) groups excluding carboxylic acids is 1. The second-order valence-electron chi connectivity index (χ2n) is 5.26. The fraction of sp³-hybridized carbons (Fsp3) is 0.500. The van der Waals surface area contributed by atoms with Crippen LogP contribution in [0.25, 0.3) is 0 Å². The van der Waals surface area contributed by atoms with Crippen LogP contribution in [0.4, 0.5) is 0 Å². The van der Waals surface area contributed by atoms with Crippen molar-refractivity contribution in [1.82, 2.24) is 5.32 Å². The van der Waals surface area contributed by atoms with Crippen molar-refractivity contribution in [3.05, 3.63) is 35.4 Å². The minimum Gasteiger partial charge on any atom is -0.481 e. The van der Waals surface area contributed by atoms with Crippen molar-refractivity contribution in [2.45, 2.75) is 52.0 Å². The molecule has 0 radical (unpaired) electrons. The molecule has 1 amide bonds. The van der Waals surface area contributed by atoms with Crippen LogP contribution in [0, 0.1) is 6.92 Å². The Morgan fingerprint density at radius 2 is 1.85 bits per heavy atom. The van der Waals surface area contributed by atoms with Gasteiger partial charge in [0.25, 0.3) is 0 Å². The molecule has 0 fully saturated rings. The van der Waals surface area contributed by atoms with Gasteiger partial charge in [-0.15, -0.1) is 0 Å². The Balaban J connectivity index is 2.15. The average Bonchev–Trinajstić information content (AvgIpc) is 2.35. The van der Waals surface area contributed by atoms with Crippen LogP contribution in [0.2, 0.25) is 0 Å². The number of rotatable bonds is 8. The smallest absolute Gasteiger partial charge is 0.305 e. The third-order valence-corrected chi connectivity index (χ3v) is 3.13. The Bertz CT molecular complexity index is 440. The first-order valence-electron chi connectivity index (χ1n) is 7.04. The highest BCUT2D eigenvalue weighted by atomic mass is 16.4. The van der Waals surface area contributed by atoms with Gasteiger partial charge in [-0.3, -0.25) is 9.59 Å². The minimum absolute atomic E-state index is 0.0326. The fourth-order valence-corrected chi connectivity index (χ4v) is 2.03. The van der Waals surface area contributed by atoms with Gasteiger partial charge >= 0.3 is 5.97 Å². The standard InChI is InChI=1S/C16H23NO3/c1-12-7-9-14(10-8-12)5-3-4-6-15(18)17-13(2)11-16(19)20/h7-10,13H,3-6,11H2,1-2H3,(H,17,18)(H,19,20). The van der Waals surface area contributed by atoms with E-state index in [1.807, 2.05) is 0 Å². The van der Waals surface area contributed by atoms with E-state index in [2.05, 4.69) is 36.5 Å². The van der Waals surface area contributed by atoms with Gasteiger partial charge in [-0.1, -0.05) is 29.8 Å². The number of nitrogens with one attached hydrogen (secondary N) is 1. The highest BCUT2D eigenvalue weighted by Gasteiger charge is 2.10. The Kier molecular flexibility index (Phi) is 6.77. The van der Waals surface area contributed by atoms with E-state index in [0.717, 1.165) is 19.3 Å². The van der Waals surface area contributed by atoms with Crippen molar-refractivity contribution >= 4 is 11.9 Å². The van der Waals surface area contributed by atoms with Gasteiger partial charge in [-0.25, -0.2) is 0 Å². The summed E-state index contributed by atoms with van der Waals surface area (Å²) >= 11 is 0. The summed E-state index contributed by atoms with van der Waals surface area (Å²) in [5, 5.41) is 11.3. The predicted molar refractivity (Wildman–Crippen MR) is 78.6 cm³/mol. The topological polar surface area (TPSA) is 66.4 Å². The molecule has 20 heavy (non-hydrogen) atoms. The lowest BCUT2D eigenvalue weighted by Gasteiger charge is -2.11. The maximum Gasteiger partial charge on any atom is 0.305 e. The monoisotopic (exact) mass is 277 g/mol. The van der Waals surface area contributed by atoms with E-state index < -0.39 is 5.97 Å². The van der Waals surface area contributed by atoms with Gasteiger partial charge in [-0.05, 0) is 38.7 Å². The summed E-state index contributed by atoms with van der Waals surface area (Å²) in [6.07, 6.45) is 3.17. The molecule has 0 aromatic heterocycles. The molecule has 0 heterocycles. The van der Waals surface area contributed by atoms with Crippen LogP contribution in [0.15, 0.2) is 24.3 Å². The van der Waals surface area contributed by atoms with Crippen LogP contribution in [-0.2, 0) is 16.0 Å². The third kappa shape index (κ3) is 6.92. The summed E-state index contributed by atoms with van der Waals surface area (Å²) in [6.45, 7) is 3.77. The maximum atomic E-state index is 11.6. The van der Waals surface area contributed by atoms with Crippen molar-refractivity contribution < 1.29 is 14.7 Å². The molecule has 0 aliphatic rings. The van der Waals surface area contributed by atoms with E-state index in [4.69, 9.17) is 5.11 Å². The molecule has 0 aliphatic heterocycles. The quantitative estimate of drug-likeness (QED) is 0.718. The van der Waals surface area contributed by atoms with E-state index in [1.54, 1.807) is 6.92 Å². The normalized spacial score (nSPS) is 11.9. The van der Waals surface area contributed by atoms with Crippen molar-refractivity contribution in [2.24, 2.45) is 0 Å². The van der Waals surface area contributed by atoms with E-state index >= 15 is 0 Å². The lowest BCUT2D eigenvalue weighted by Crippen LogP contribution is -2.33. The number of carboxylic acid groups (broad SMARTS) is 1. The first kappa shape index (κ1) is 16.2. The zero-order valence-electron chi connectivity index (χ0n) is 12.2. The lowest BCUT2D eigenvalue weighted by atomic mass is 10.1. The SMILES string of the molecule is Cc1ccc(CCCCC(=O)NC(C)CC(=O)O)cc1. The number of unbranched alkanes of at least 4 members (excludes halogenated alkanes) is 1. The summed E-state index contributed by atoms with van der Waals surface area (Å²) in [6, 6.07) is 8.11. The Hall–Kier alpha value is -1.84. The van der Waals surface area contributed by atoms with Gasteiger partial charge in [0.05, 0.1) is 6.42 Å². The molecule has 4 heteroatoms. The van der Waals surface area contributed by atoms with Crippen molar-refractivity contribution in [1.29, 1.82) is 0 Å². The van der Waals surface area contributed by atoms with E-state index in [0.29, 0.717) is 6.42 Å². The molecule has 110 valence electrons. The summed E-state index contributed by atoms with van der Waals surface area (Å²) in [4.78, 5) is 22.1. The number of carboxylic acids is 1. The number of benzene rings is 1. The van der Waals surface area contributed by atoms with E-state index in [-0.39, 0.29) is 18.4 Å². The van der Waals surface area contributed by atoms with Gasteiger partial charge in [0.2, 0.25) is 5.91 Å². The van der Waals surface area contributed by atoms with Gasteiger partial charge in [-0.2, -0.15) is 0 Å². The number of carbonyl (C=O) groups is 2. The van der Waals surface area contributed by atoms with Crippen LogP contribution in [0.5, 0.6) is 0 Å². The summed E-state index contributed by atoms with van der Waals surface area (Å²) in [5.41, 5.74) is 2.54. The van der Waals surface area contributed by atoms with Crippen LogP contribution in [0.3, 0.4) is 0 Å². The zero-order chi connectivity index (χ0) is 15.0. The second kappa shape index (κ2) is 8.35. The molecule has 1 rings (SSSR count). The Labute approximate surface area is 120 Å². The van der Waals surface area contributed by atoms with Crippen molar-refractivity contribution in [2.75, 3.05) is 0 Å². The van der Waals surface area contributed by atoms with Crippen LogP contribution < -0.4 is 5.32 Å². The summed E-state index contributed by atoms with van der Waals surface area (Å²) < 4.78 is 0. The third-order valence-electron chi connectivity index (χ3n) is 3.13. The van der Waals surface area contributed by atoms with Gasteiger partial charge in [0.15, 0.2) is 0 Å². The van der Waals surface area contributed by atoms with Crippen LogP contribution >= 0.6 is 0 Å². The zero-order valence-corrected chi connectivity index (χ0v) is 12.2. The highest BCUT2D eigenvalue weighted by molar-refractivity contribution is 5.77. The second-order valence-corrected chi connectivity index (χ2v) is 5.26. The average molecular weight is 277 g/mol. The molecule has 2 N–H and O–H groups in total. The predicted octanol–water partition coefficient (Wildman–Crippen LogP) is 2.69. The lowest BCUT2D eigenvalue weighted by molar-refractivity contribution is -0.137. The number of amides is 1. The number of hydrogen-bond donors (Lipinski definition) is 2. The van der Waals surface area contributed by atoms with Crippen molar-refractivity contribution in [3.8, 4) is 0 Å². The molecule has 1 aromatic carbocycles. The number of aliphatic carboxylic acids is 1. The van der Waals surface area contributed by atoms with Crippen LogP contribution in [-0.4, -0.2) is 23.0 Å². The van der Waals surface area contributed by atoms with Gasteiger partial charge in [0.1, 0.15) is 0 Å². The maximum absolute atomic E-state index is 11.6. The summed E-state index contributed by atoms with van der Waals surface area (Å²) in [7, 11) is 0.